The van der Waals surface area contributed by atoms with Crippen LogP contribution in [0.1, 0.15) is 45.4 Å². The first-order valence-corrected chi connectivity index (χ1v) is 7.58. The number of hydrogen-bond donors (Lipinski definition) is 2. The van der Waals surface area contributed by atoms with Crippen molar-refractivity contribution < 1.29 is 9.53 Å². The molecule has 4 nitrogen and oxygen atoms in total. The van der Waals surface area contributed by atoms with Crippen molar-refractivity contribution in [3.63, 3.8) is 0 Å². The molecule has 0 spiro atoms. The summed E-state index contributed by atoms with van der Waals surface area (Å²) in [5.41, 5.74) is -0.0476. The molecule has 1 atom stereocenters. The number of ether oxygens (including phenoxy) is 1. The van der Waals surface area contributed by atoms with E-state index in [1.165, 1.54) is 25.7 Å². The van der Waals surface area contributed by atoms with E-state index in [1.54, 1.807) is 7.11 Å². The van der Waals surface area contributed by atoms with Crippen molar-refractivity contribution in [3.05, 3.63) is 0 Å². The summed E-state index contributed by atoms with van der Waals surface area (Å²) >= 11 is 0. The highest BCUT2D eigenvalue weighted by atomic mass is 16.5. The molecular weight excluding hydrogens is 240 g/mol. The van der Waals surface area contributed by atoms with Crippen LogP contribution in [0.25, 0.3) is 0 Å². The molecule has 1 saturated heterocycles. The zero-order chi connectivity index (χ0) is 13.8. The van der Waals surface area contributed by atoms with Crippen molar-refractivity contribution >= 4 is 5.91 Å². The van der Waals surface area contributed by atoms with Gasteiger partial charge in [0.25, 0.3) is 0 Å². The highest BCUT2D eigenvalue weighted by Crippen LogP contribution is 2.38. The minimum absolute atomic E-state index is 0.183. The van der Waals surface area contributed by atoms with E-state index in [0.29, 0.717) is 0 Å². The van der Waals surface area contributed by atoms with Gasteiger partial charge >= 0.3 is 0 Å². The van der Waals surface area contributed by atoms with Gasteiger partial charge in [-0.1, -0.05) is 12.8 Å². The molecule has 2 N–H and O–H groups in total. The Morgan fingerprint density at radius 2 is 2.00 bits per heavy atom. The maximum absolute atomic E-state index is 12.4. The molecule has 2 aliphatic rings. The van der Waals surface area contributed by atoms with E-state index in [1.807, 2.05) is 0 Å². The number of hydrogen-bond acceptors (Lipinski definition) is 3. The van der Waals surface area contributed by atoms with Crippen molar-refractivity contribution in [2.75, 3.05) is 33.4 Å². The Bertz CT molecular complexity index is 305. The molecule has 2 fully saturated rings. The van der Waals surface area contributed by atoms with Crippen LogP contribution < -0.4 is 10.6 Å². The largest absolute Gasteiger partial charge is 0.384 e. The van der Waals surface area contributed by atoms with Crippen LogP contribution >= 0.6 is 0 Å². The minimum atomic E-state index is -0.231. The van der Waals surface area contributed by atoms with Gasteiger partial charge in [0.2, 0.25) is 5.91 Å². The molecule has 0 aromatic rings. The van der Waals surface area contributed by atoms with Gasteiger partial charge in [-0.3, -0.25) is 4.79 Å². The zero-order valence-corrected chi connectivity index (χ0v) is 12.4. The minimum Gasteiger partial charge on any atom is -0.384 e. The van der Waals surface area contributed by atoms with Crippen molar-refractivity contribution in [3.8, 4) is 0 Å². The smallest absolute Gasteiger partial charge is 0.227 e. The normalized spacial score (nSPS) is 30.2. The highest BCUT2D eigenvalue weighted by Gasteiger charge is 2.38. The average molecular weight is 268 g/mol. The summed E-state index contributed by atoms with van der Waals surface area (Å²) in [4.78, 5) is 12.4. The second-order valence-corrected chi connectivity index (χ2v) is 6.66. The van der Waals surface area contributed by atoms with Gasteiger partial charge in [0, 0.05) is 25.6 Å². The third-order valence-electron chi connectivity index (χ3n) is 4.88. The molecule has 1 aliphatic heterocycles. The van der Waals surface area contributed by atoms with Gasteiger partial charge in [0.1, 0.15) is 0 Å². The summed E-state index contributed by atoms with van der Waals surface area (Å²) < 4.78 is 5.37. The number of piperidine rings is 1. The molecule has 19 heavy (non-hydrogen) atoms. The maximum Gasteiger partial charge on any atom is 0.227 e. The number of carbonyl (C=O) groups is 1. The molecule has 1 saturated carbocycles. The first-order chi connectivity index (χ1) is 9.10. The topological polar surface area (TPSA) is 50.4 Å². The van der Waals surface area contributed by atoms with E-state index in [0.717, 1.165) is 39.1 Å². The lowest BCUT2D eigenvalue weighted by atomic mass is 9.81. The van der Waals surface area contributed by atoms with Gasteiger partial charge in [0.15, 0.2) is 0 Å². The monoisotopic (exact) mass is 268 g/mol. The molecule has 0 bridgehead atoms. The summed E-state index contributed by atoms with van der Waals surface area (Å²) in [7, 11) is 1.76. The molecule has 1 aliphatic carbocycles. The fraction of sp³-hybridized carbons (Fsp3) is 0.933. The second kappa shape index (κ2) is 6.23. The first kappa shape index (κ1) is 14.8. The summed E-state index contributed by atoms with van der Waals surface area (Å²) in [6.45, 7) is 5.45. The second-order valence-electron chi connectivity index (χ2n) is 6.66. The van der Waals surface area contributed by atoms with E-state index < -0.39 is 0 Å². The van der Waals surface area contributed by atoms with E-state index in [2.05, 4.69) is 17.6 Å². The van der Waals surface area contributed by atoms with Gasteiger partial charge in [0.05, 0.1) is 12.0 Å². The van der Waals surface area contributed by atoms with Crippen LogP contribution in [0.5, 0.6) is 0 Å². The Hall–Kier alpha value is -0.610. The summed E-state index contributed by atoms with van der Waals surface area (Å²) in [5, 5.41) is 6.53. The van der Waals surface area contributed by atoms with E-state index in [4.69, 9.17) is 4.74 Å². The average Bonchev–Trinajstić information content (AvgIpc) is 2.86. The number of carbonyl (C=O) groups excluding carboxylic acids is 1. The third kappa shape index (κ3) is 3.48. The number of methoxy groups -OCH3 is 1. The van der Waals surface area contributed by atoms with Gasteiger partial charge < -0.3 is 15.4 Å². The molecule has 110 valence electrons. The highest BCUT2D eigenvalue weighted by molar-refractivity contribution is 5.82. The molecule has 0 unspecified atom stereocenters. The molecule has 2 rings (SSSR count). The number of rotatable bonds is 5. The fourth-order valence-corrected chi connectivity index (χ4v) is 3.53. The van der Waals surface area contributed by atoms with Crippen LogP contribution in [-0.4, -0.2) is 39.3 Å². The molecule has 1 heterocycles. The van der Waals surface area contributed by atoms with Crippen LogP contribution in [0.15, 0.2) is 0 Å². The fourth-order valence-electron chi connectivity index (χ4n) is 3.53. The predicted octanol–water partition coefficient (Wildman–Crippen LogP) is 1.70. The summed E-state index contributed by atoms with van der Waals surface area (Å²) in [6, 6.07) is 0. The molecule has 0 radical (unpaired) electrons. The van der Waals surface area contributed by atoms with Crippen LogP contribution in [0, 0.1) is 10.8 Å². The Kier molecular flexibility index (Phi) is 4.85. The van der Waals surface area contributed by atoms with Gasteiger partial charge in [-0.15, -0.1) is 0 Å². The standard InChI is InChI=1S/C15H28N2O2/c1-14(6-5-9-16-10-14)13(18)17-11-15(12-19-2)7-3-4-8-15/h16H,3-12H2,1-2H3,(H,17,18)/t14-/m1/s1. The lowest BCUT2D eigenvalue weighted by Gasteiger charge is -2.35. The van der Waals surface area contributed by atoms with Crippen molar-refractivity contribution in [2.45, 2.75) is 45.4 Å². The molecule has 0 aromatic carbocycles. The Morgan fingerprint density at radius 1 is 1.26 bits per heavy atom. The quantitative estimate of drug-likeness (QED) is 0.798. The van der Waals surface area contributed by atoms with E-state index in [-0.39, 0.29) is 16.7 Å². The number of nitrogens with one attached hydrogen (secondary N) is 2. The van der Waals surface area contributed by atoms with Crippen molar-refractivity contribution in [2.24, 2.45) is 10.8 Å². The van der Waals surface area contributed by atoms with E-state index >= 15 is 0 Å². The first-order valence-electron chi connectivity index (χ1n) is 7.58. The number of amides is 1. The lowest BCUT2D eigenvalue weighted by molar-refractivity contribution is -0.131. The molecule has 0 aromatic heterocycles. The van der Waals surface area contributed by atoms with Crippen molar-refractivity contribution in [1.29, 1.82) is 0 Å². The Labute approximate surface area is 116 Å². The molecular formula is C15H28N2O2. The Morgan fingerprint density at radius 3 is 2.58 bits per heavy atom. The Balaban J connectivity index is 1.88. The van der Waals surface area contributed by atoms with Crippen LogP contribution in [0.3, 0.4) is 0 Å². The lowest BCUT2D eigenvalue weighted by Crippen LogP contribution is -2.51. The van der Waals surface area contributed by atoms with E-state index in [9.17, 15) is 4.79 Å². The molecule has 1 amide bonds. The van der Waals surface area contributed by atoms with Gasteiger partial charge in [-0.05, 0) is 39.2 Å². The maximum atomic E-state index is 12.4. The predicted molar refractivity (Wildman–Crippen MR) is 76.0 cm³/mol. The van der Waals surface area contributed by atoms with Crippen LogP contribution in [0.2, 0.25) is 0 Å². The summed E-state index contributed by atoms with van der Waals surface area (Å²) in [5.74, 6) is 0.210. The van der Waals surface area contributed by atoms with Gasteiger partial charge in [-0.2, -0.15) is 0 Å². The molecule has 4 heteroatoms. The van der Waals surface area contributed by atoms with Crippen LogP contribution in [-0.2, 0) is 9.53 Å². The zero-order valence-electron chi connectivity index (χ0n) is 12.4. The van der Waals surface area contributed by atoms with Gasteiger partial charge in [-0.25, -0.2) is 0 Å². The van der Waals surface area contributed by atoms with Crippen LogP contribution in [0.4, 0.5) is 0 Å². The third-order valence-corrected chi connectivity index (χ3v) is 4.88. The SMILES string of the molecule is COCC1(CNC(=O)[C@]2(C)CCCNC2)CCCC1. The summed E-state index contributed by atoms with van der Waals surface area (Å²) in [6.07, 6.45) is 6.96. The van der Waals surface area contributed by atoms with Crippen molar-refractivity contribution in [1.82, 2.24) is 10.6 Å².